The first-order valence-electron chi connectivity index (χ1n) is 9.43. The summed E-state index contributed by atoms with van der Waals surface area (Å²) in [5.41, 5.74) is -0.280. The molecule has 2 amide bonds. The molecule has 2 heterocycles. The topological polar surface area (TPSA) is 84.3 Å². The Morgan fingerprint density at radius 3 is 2.68 bits per heavy atom. The maximum absolute atomic E-state index is 14.2. The number of carbonyl (C=O) groups is 2. The van der Waals surface area contributed by atoms with Crippen molar-refractivity contribution in [1.82, 2.24) is 20.0 Å². The normalized spacial score (nSPS) is 18.9. The van der Waals surface area contributed by atoms with Gasteiger partial charge in [-0.25, -0.2) is 9.07 Å². The molecule has 8 heteroatoms. The van der Waals surface area contributed by atoms with Crippen molar-refractivity contribution in [1.29, 1.82) is 0 Å². The number of carbonyl (C=O) groups excluding carboxylic acids is 2. The predicted octanol–water partition coefficient (Wildman–Crippen LogP) is 1.56. The van der Waals surface area contributed by atoms with Crippen LogP contribution < -0.4 is 10.7 Å². The molecule has 0 bridgehead atoms. The number of rotatable bonds is 4. The van der Waals surface area contributed by atoms with E-state index in [0.717, 1.165) is 12.8 Å². The molecule has 7 nitrogen and oxygen atoms in total. The first kappa shape index (κ1) is 18.3. The average molecular weight is 384 g/mol. The van der Waals surface area contributed by atoms with Gasteiger partial charge in [0.25, 0.3) is 5.91 Å². The summed E-state index contributed by atoms with van der Waals surface area (Å²) in [5.74, 6) is -1.29. The zero-order chi connectivity index (χ0) is 19.8. The highest BCUT2D eigenvalue weighted by Crippen LogP contribution is 2.23. The Morgan fingerprint density at radius 1 is 1.21 bits per heavy atom. The summed E-state index contributed by atoms with van der Waals surface area (Å²) in [7, 11) is 0. The Hall–Kier alpha value is -3.03. The number of nitrogens with zero attached hydrogens (tertiary/aromatic N) is 3. The highest BCUT2D eigenvalue weighted by Gasteiger charge is 2.38. The molecule has 146 valence electrons. The summed E-state index contributed by atoms with van der Waals surface area (Å²) < 4.78 is 15.4. The smallest absolute Gasteiger partial charge is 0.279 e. The zero-order valence-corrected chi connectivity index (χ0v) is 15.5. The third-order valence-electron chi connectivity index (χ3n) is 5.13. The number of nitrogens with one attached hydrogen (secondary N) is 1. The summed E-state index contributed by atoms with van der Waals surface area (Å²) in [6.07, 6.45) is 3.15. The lowest BCUT2D eigenvalue weighted by Gasteiger charge is -2.23. The van der Waals surface area contributed by atoms with Crippen LogP contribution in [0.25, 0.3) is 5.69 Å². The maximum Gasteiger partial charge on any atom is 0.279 e. The third kappa shape index (κ3) is 3.42. The number of likely N-dealkylation sites (tertiary alicyclic amines) is 1. The van der Waals surface area contributed by atoms with E-state index in [0.29, 0.717) is 25.1 Å². The minimum absolute atomic E-state index is 0.151. The van der Waals surface area contributed by atoms with Crippen molar-refractivity contribution in [3.8, 4) is 5.69 Å². The van der Waals surface area contributed by atoms with E-state index in [1.54, 1.807) is 19.1 Å². The molecule has 1 aliphatic carbocycles. The molecule has 1 aromatic heterocycles. The molecule has 1 N–H and O–H groups in total. The number of hydrogen-bond donors (Lipinski definition) is 1. The number of benzene rings is 1. The largest absolute Gasteiger partial charge is 0.352 e. The van der Waals surface area contributed by atoms with Crippen molar-refractivity contribution < 1.29 is 14.0 Å². The molecule has 0 spiro atoms. The van der Waals surface area contributed by atoms with Crippen molar-refractivity contribution in [2.45, 2.75) is 44.7 Å². The van der Waals surface area contributed by atoms with Crippen molar-refractivity contribution in [2.75, 3.05) is 6.54 Å². The molecule has 1 saturated heterocycles. The van der Waals surface area contributed by atoms with Gasteiger partial charge in [0.05, 0.1) is 0 Å². The van der Waals surface area contributed by atoms with Gasteiger partial charge in [0.2, 0.25) is 11.3 Å². The van der Waals surface area contributed by atoms with Crippen molar-refractivity contribution >= 4 is 11.8 Å². The fourth-order valence-electron chi connectivity index (χ4n) is 3.51. The van der Waals surface area contributed by atoms with Crippen molar-refractivity contribution in [3.63, 3.8) is 0 Å². The monoisotopic (exact) mass is 384 g/mol. The van der Waals surface area contributed by atoms with E-state index in [1.165, 1.54) is 27.8 Å². The second-order valence-electron chi connectivity index (χ2n) is 7.30. The molecular weight excluding hydrogens is 363 g/mol. The van der Waals surface area contributed by atoms with E-state index < -0.39 is 23.2 Å². The number of hydrogen-bond acceptors (Lipinski definition) is 4. The van der Waals surface area contributed by atoms with E-state index in [2.05, 4.69) is 10.4 Å². The van der Waals surface area contributed by atoms with Crippen LogP contribution >= 0.6 is 0 Å². The maximum atomic E-state index is 14.2. The lowest BCUT2D eigenvalue weighted by atomic mass is 10.2. The van der Waals surface area contributed by atoms with Crippen LogP contribution in [0.4, 0.5) is 4.39 Å². The molecule has 1 saturated carbocycles. The molecule has 2 aliphatic rings. The second-order valence-corrected chi connectivity index (χ2v) is 7.30. The Bertz CT molecular complexity index is 999. The predicted molar refractivity (Wildman–Crippen MR) is 99.8 cm³/mol. The van der Waals surface area contributed by atoms with E-state index in [4.69, 9.17) is 0 Å². The van der Waals surface area contributed by atoms with Gasteiger partial charge in [-0.1, -0.05) is 12.1 Å². The van der Waals surface area contributed by atoms with Gasteiger partial charge in [-0.05, 0) is 44.7 Å². The van der Waals surface area contributed by atoms with Gasteiger partial charge < -0.3 is 10.2 Å². The minimum Gasteiger partial charge on any atom is -0.352 e. The number of halogens is 1. The lowest BCUT2D eigenvalue weighted by molar-refractivity contribution is -0.125. The zero-order valence-electron chi connectivity index (χ0n) is 15.5. The molecule has 1 atom stereocenters. The summed E-state index contributed by atoms with van der Waals surface area (Å²) in [6.45, 7) is 2.01. The minimum atomic E-state index is -0.600. The second kappa shape index (κ2) is 7.18. The summed E-state index contributed by atoms with van der Waals surface area (Å²) in [6, 6.07) is 6.87. The van der Waals surface area contributed by atoms with Gasteiger partial charge in [0.15, 0.2) is 5.69 Å². The average Bonchev–Trinajstić information content (AvgIpc) is 3.33. The summed E-state index contributed by atoms with van der Waals surface area (Å²) >= 11 is 0. The Balaban J connectivity index is 1.67. The molecule has 1 aromatic carbocycles. The molecule has 4 rings (SSSR count). The molecule has 2 aromatic rings. The van der Waals surface area contributed by atoms with Crippen LogP contribution in [0.5, 0.6) is 0 Å². The Morgan fingerprint density at radius 2 is 1.96 bits per heavy atom. The van der Waals surface area contributed by atoms with Crippen LogP contribution in [-0.4, -0.2) is 45.1 Å². The SMILES string of the molecule is Cc1cc(=O)c(C(=O)N2CCCC2C(=O)NC2CC2)nn1-c1ccccc1F. The fourth-order valence-corrected chi connectivity index (χ4v) is 3.51. The van der Waals surface area contributed by atoms with Gasteiger partial charge in [-0.3, -0.25) is 14.4 Å². The van der Waals surface area contributed by atoms with Crippen LogP contribution in [0.2, 0.25) is 0 Å². The Kier molecular flexibility index (Phi) is 4.70. The van der Waals surface area contributed by atoms with E-state index in [-0.39, 0.29) is 23.3 Å². The molecule has 1 unspecified atom stereocenters. The quantitative estimate of drug-likeness (QED) is 0.867. The van der Waals surface area contributed by atoms with Gasteiger partial charge in [0, 0.05) is 24.3 Å². The van der Waals surface area contributed by atoms with Crippen LogP contribution in [0.15, 0.2) is 35.1 Å². The van der Waals surface area contributed by atoms with Crippen LogP contribution in [0.1, 0.15) is 41.9 Å². The number of amides is 2. The van der Waals surface area contributed by atoms with Crippen molar-refractivity contribution in [3.05, 3.63) is 57.8 Å². The van der Waals surface area contributed by atoms with Gasteiger partial charge in [0.1, 0.15) is 17.5 Å². The van der Waals surface area contributed by atoms with Crippen molar-refractivity contribution in [2.24, 2.45) is 0 Å². The van der Waals surface area contributed by atoms with Gasteiger partial charge >= 0.3 is 0 Å². The number of para-hydroxylation sites is 1. The van der Waals surface area contributed by atoms with Crippen LogP contribution in [0, 0.1) is 12.7 Å². The van der Waals surface area contributed by atoms with E-state index in [9.17, 15) is 18.8 Å². The first-order chi connectivity index (χ1) is 13.5. The van der Waals surface area contributed by atoms with Crippen LogP contribution in [0.3, 0.4) is 0 Å². The highest BCUT2D eigenvalue weighted by molar-refractivity contribution is 5.96. The highest BCUT2D eigenvalue weighted by atomic mass is 19.1. The van der Waals surface area contributed by atoms with Gasteiger partial charge in [-0.2, -0.15) is 5.10 Å². The fraction of sp³-hybridized carbons (Fsp3) is 0.400. The molecule has 1 aliphatic heterocycles. The van der Waals surface area contributed by atoms with Crippen LogP contribution in [-0.2, 0) is 4.79 Å². The van der Waals surface area contributed by atoms with Gasteiger partial charge in [-0.15, -0.1) is 0 Å². The number of aromatic nitrogens is 2. The van der Waals surface area contributed by atoms with E-state index >= 15 is 0 Å². The molecule has 0 radical (unpaired) electrons. The summed E-state index contributed by atoms with van der Waals surface area (Å²) in [5, 5.41) is 7.07. The number of aryl methyl sites for hydroxylation is 1. The molecule has 28 heavy (non-hydrogen) atoms. The third-order valence-corrected chi connectivity index (χ3v) is 5.13. The Labute approximate surface area is 161 Å². The summed E-state index contributed by atoms with van der Waals surface area (Å²) in [4.78, 5) is 39.4. The lowest BCUT2D eigenvalue weighted by Crippen LogP contribution is -2.47. The standard InChI is InChI=1S/C20H21FN4O3/c1-12-11-17(26)18(23-25(12)15-6-3-2-5-14(15)21)20(28)24-10-4-7-16(24)19(27)22-13-8-9-13/h2-3,5-6,11,13,16H,4,7-10H2,1H3,(H,22,27). The van der Waals surface area contributed by atoms with E-state index in [1.807, 2.05) is 0 Å². The molecule has 2 fully saturated rings. The molecular formula is C20H21FN4O3. The first-order valence-corrected chi connectivity index (χ1v) is 9.43.